The third-order valence-electron chi connectivity index (χ3n) is 4.85. The van der Waals surface area contributed by atoms with E-state index in [2.05, 4.69) is 16.3 Å². The molecular formula is C18H17N5O2. The van der Waals surface area contributed by atoms with Gasteiger partial charge in [-0.05, 0) is 26.8 Å². The maximum atomic E-state index is 13.7. The number of aromatic nitrogens is 2. The van der Waals surface area contributed by atoms with Crippen LogP contribution in [0.1, 0.15) is 30.7 Å². The average molecular weight is 335 g/mol. The highest BCUT2D eigenvalue weighted by Gasteiger charge is 2.61. The molecule has 1 aromatic heterocycles. The number of carbonyl (C=O) groups excluding carboxylic acids is 1. The molecule has 1 atom stereocenters. The summed E-state index contributed by atoms with van der Waals surface area (Å²) >= 11 is 0. The SMILES string of the molecule is Cc1[nH]nc2c1[C@@]1(C(=O)N(C(C)C)c3ccccc31)C(C#N)=C(N)O2. The van der Waals surface area contributed by atoms with Crippen LogP contribution < -0.4 is 15.4 Å². The molecule has 0 unspecified atom stereocenters. The van der Waals surface area contributed by atoms with Crippen molar-refractivity contribution in [2.45, 2.75) is 32.2 Å². The second-order valence-corrected chi connectivity index (χ2v) is 6.52. The summed E-state index contributed by atoms with van der Waals surface area (Å²) in [6.45, 7) is 5.69. The summed E-state index contributed by atoms with van der Waals surface area (Å²) in [5.41, 5.74) is 7.52. The van der Waals surface area contributed by atoms with Crippen LogP contribution in [0.15, 0.2) is 35.7 Å². The van der Waals surface area contributed by atoms with Crippen LogP contribution in [-0.2, 0) is 10.2 Å². The van der Waals surface area contributed by atoms with Crippen molar-refractivity contribution in [2.24, 2.45) is 5.73 Å². The number of nitrogens with two attached hydrogens (primary N) is 1. The molecule has 0 fully saturated rings. The molecule has 0 aliphatic carbocycles. The highest BCUT2D eigenvalue weighted by atomic mass is 16.5. The van der Waals surface area contributed by atoms with Crippen molar-refractivity contribution in [3.8, 4) is 11.9 Å². The van der Waals surface area contributed by atoms with Crippen molar-refractivity contribution < 1.29 is 9.53 Å². The number of amides is 1. The maximum Gasteiger partial charge on any atom is 0.248 e. The van der Waals surface area contributed by atoms with E-state index < -0.39 is 5.41 Å². The number of anilines is 1. The fraction of sp³-hybridized carbons (Fsp3) is 0.278. The molecule has 7 heteroatoms. The first-order valence-corrected chi connectivity index (χ1v) is 8.01. The molecule has 1 aromatic carbocycles. The maximum absolute atomic E-state index is 13.7. The van der Waals surface area contributed by atoms with Crippen LogP contribution in [0.3, 0.4) is 0 Å². The van der Waals surface area contributed by atoms with Gasteiger partial charge in [0.15, 0.2) is 0 Å². The third kappa shape index (κ3) is 1.63. The van der Waals surface area contributed by atoms with Gasteiger partial charge in [0.2, 0.25) is 17.7 Å². The molecule has 0 radical (unpaired) electrons. The summed E-state index contributed by atoms with van der Waals surface area (Å²) in [4.78, 5) is 15.4. The number of para-hydroxylation sites is 1. The fourth-order valence-electron chi connectivity index (χ4n) is 3.93. The predicted molar refractivity (Wildman–Crippen MR) is 90.6 cm³/mol. The number of nitrogens with zero attached hydrogens (tertiary/aromatic N) is 3. The zero-order valence-electron chi connectivity index (χ0n) is 14.1. The lowest BCUT2D eigenvalue weighted by atomic mass is 9.69. The van der Waals surface area contributed by atoms with E-state index in [0.29, 0.717) is 11.3 Å². The summed E-state index contributed by atoms with van der Waals surface area (Å²) in [5.74, 6) is -0.0599. The number of nitrogens with one attached hydrogen (secondary N) is 1. The number of benzene rings is 1. The second kappa shape index (κ2) is 4.86. The predicted octanol–water partition coefficient (Wildman–Crippen LogP) is 1.85. The van der Waals surface area contributed by atoms with Gasteiger partial charge >= 0.3 is 0 Å². The van der Waals surface area contributed by atoms with Gasteiger partial charge in [0.25, 0.3) is 0 Å². The van der Waals surface area contributed by atoms with E-state index in [9.17, 15) is 10.1 Å². The van der Waals surface area contributed by atoms with Crippen molar-refractivity contribution in [3.63, 3.8) is 0 Å². The summed E-state index contributed by atoms with van der Waals surface area (Å²) in [6.07, 6.45) is 0. The Kier molecular flexibility index (Phi) is 2.97. The van der Waals surface area contributed by atoms with E-state index in [1.54, 1.807) is 11.8 Å². The van der Waals surface area contributed by atoms with Gasteiger partial charge in [0, 0.05) is 23.0 Å². The van der Waals surface area contributed by atoms with Crippen molar-refractivity contribution in [2.75, 3.05) is 4.90 Å². The first kappa shape index (κ1) is 15.3. The van der Waals surface area contributed by atoms with Crippen molar-refractivity contribution in [1.29, 1.82) is 5.26 Å². The Morgan fingerprint density at radius 3 is 2.80 bits per heavy atom. The molecule has 2 aliphatic heterocycles. The van der Waals surface area contributed by atoms with Gasteiger partial charge in [-0.1, -0.05) is 18.2 Å². The molecule has 2 aliphatic rings. The molecule has 2 aromatic rings. The Morgan fingerprint density at radius 2 is 2.12 bits per heavy atom. The minimum absolute atomic E-state index is 0.0762. The Hall–Kier alpha value is -3.27. The van der Waals surface area contributed by atoms with Gasteiger partial charge in [-0.3, -0.25) is 9.89 Å². The number of fused-ring (bicyclic) bond motifs is 4. The van der Waals surface area contributed by atoms with Gasteiger partial charge in [-0.25, -0.2) is 0 Å². The van der Waals surface area contributed by atoms with Gasteiger partial charge in [-0.2, -0.15) is 5.26 Å². The fourth-order valence-corrected chi connectivity index (χ4v) is 3.93. The quantitative estimate of drug-likeness (QED) is 0.827. The van der Waals surface area contributed by atoms with Crippen LogP contribution >= 0.6 is 0 Å². The van der Waals surface area contributed by atoms with E-state index in [1.165, 1.54) is 0 Å². The van der Waals surface area contributed by atoms with Crippen LogP contribution in [0.4, 0.5) is 5.69 Å². The Balaban J connectivity index is 2.18. The van der Waals surface area contributed by atoms with E-state index in [-0.39, 0.29) is 29.3 Å². The smallest absolute Gasteiger partial charge is 0.248 e. The van der Waals surface area contributed by atoms with Crippen molar-refractivity contribution in [1.82, 2.24) is 10.2 Å². The second-order valence-electron chi connectivity index (χ2n) is 6.52. The van der Waals surface area contributed by atoms with Crippen LogP contribution in [-0.4, -0.2) is 22.1 Å². The molecule has 3 heterocycles. The lowest BCUT2D eigenvalue weighted by Crippen LogP contribution is -2.47. The molecule has 3 N–H and O–H groups in total. The lowest BCUT2D eigenvalue weighted by molar-refractivity contribution is -0.121. The summed E-state index contributed by atoms with van der Waals surface area (Å²) in [5, 5.41) is 16.8. The first-order valence-electron chi connectivity index (χ1n) is 8.01. The molecular weight excluding hydrogens is 318 g/mol. The minimum Gasteiger partial charge on any atom is -0.420 e. The number of carbonyl (C=O) groups is 1. The highest BCUT2D eigenvalue weighted by Crippen LogP contribution is 2.55. The molecule has 25 heavy (non-hydrogen) atoms. The normalized spacial score (nSPS) is 21.4. The standard InChI is InChI=1S/C18H17N5O2/c1-9(2)23-13-7-5-4-6-11(13)18(17(23)24)12(8-19)15(20)25-16-14(18)10(3)21-22-16/h4-7,9H,20H2,1-3H3,(H,21,22)/t18-/m0/s1. The zero-order valence-corrected chi connectivity index (χ0v) is 14.1. The average Bonchev–Trinajstić information content (AvgIpc) is 3.05. The number of hydrogen-bond acceptors (Lipinski definition) is 5. The van der Waals surface area contributed by atoms with Gasteiger partial charge in [0.1, 0.15) is 17.1 Å². The zero-order chi connectivity index (χ0) is 17.9. The first-order chi connectivity index (χ1) is 11.9. The Bertz CT molecular complexity index is 982. The lowest BCUT2D eigenvalue weighted by Gasteiger charge is -2.33. The number of ether oxygens (including phenoxy) is 1. The van der Waals surface area contributed by atoms with E-state index in [4.69, 9.17) is 10.5 Å². The monoisotopic (exact) mass is 335 g/mol. The van der Waals surface area contributed by atoms with Crippen LogP contribution in [0.25, 0.3) is 0 Å². The van der Waals surface area contributed by atoms with E-state index >= 15 is 0 Å². The molecule has 0 saturated heterocycles. The van der Waals surface area contributed by atoms with Crippen LogP contribution in [0, 0.1) is 18.3 Å². The highest BCUT2D eigenvalue weighted by molar-refractivity contribution is 6.14. The minimum atomic E-state index is -1.33. The van der Waals surface area contributed by atoms with Gasteiger partial charge < -0.3 is 15.4 Å². The van der Waals surface area contributed by atoms with Crippen molar-refractivity contribution in [3.05, 3.63) is 52.5 Å². The van der Waals surface area contributed by atoms with Crippen LogP contribution in [0.2, 0.25) is 0 Å². The van der Waals surface area contributed by atoms with E-state index in [1.807, 2.05) is 38.1 Å². The molecule has 7 nitrogen and oxygen atoms in total. The molecule has 126 valence electrons. The molecule has 1 amide bonds. The Morgan fingerprint density at radius 1 is 1.40 bits per heavy atom. The number of aryl methyl sites for hydroxylation is 1. The van der Waals surface area contributed by atoms with E-state index in [0.717, 1.165) is 11.3 Å². The van der Waals surface area contributed by atoms with Crippen molar-refractivity contribution >= 4 is 11.6 Å². The largest absolute Gasteiger partial charge is 0.420 e. The number of H-pyrrole nitrogens is 1. The number of nitriles is 1. The number of rotatable bonds is 1. The number of hydrogen-bond donors (Lipinski definition) is 2. The van der Waals surface area contributed by atoms with Crippen LogP contribution in [0.5, 0.6) is 5.88 Å². The molecule has 0 saturated carbocycles. The topological polar surface area (TPSA) is 108 Å². The number of aromatic amines is 1. The Labute approximate surface area is 144 Å². The summed E-state index contributed by atoms with van der Waals surface area (Å²) < 4.78 is 5.52. The third-order valence-corrected chi connectivity index (χ3v) is 4.85. The molecule has 1 spiro atoms. The molecule has 0 bridgehead atoms. The van der Waals surface area contributed by atoms with Gasteiger partial charge in [-0.15, -0.1) is 5.10 Å². The summed E-state index contributed by atoms with van der Waals surface area (Å²) in [7, 11) is 0. The summed E-state index contributed by atoms with van der Waals surface area (Å²) in [6, 6.07) is 9.52. The molecule has 4 rings (SSSR count). The van der Waals surface area contributed by atoms with Gasteiger partial charge in [0.05, 0.1) is 5.56 Å².